The van der Waals surface area contributed by atoms with Crippen LogP contribution in [0.3, 0.4) is 0 Å². The smallest absolute Gasteiger partial charge is 0.387 e. The second kappa shape index (κ2) is 8.85. The topological polar surface area (TPSA) is 262 Å². The van der Waals surface area contributed by atoms with Gasteiger partial charge in [-0.2, -0.15) is 8.62 Å². The van der Waals surface area contributed by atoms with E-state index in [1.807, 2.05) is 0 Å². The Morgan fingerprint density at radius 2 is 1.81 bits per heavy atom. The van der Waals surface area contributed by atoms with E-state index in [0.717, 1.165) is 6.33 Å². The van der Waals surface area contributed by atoms with Crippen LogP contribution in [0, 0.1) is 0 Å². The van der Waals surface area contributed by atoms with Crippen LogP contribution >= 0.6 is 23.5 Å². The molecule has 2 aliphatic rings. The zero-order valence-electron chi connectivity index (χ0n) is 15.9. The SMILES string of the molecule is CN1CN([C@@H]2O[C@H](COP(=O)(O)OP(=O)(O)OP(=O)(O)O)[C@@H](O)[C@H]2O)c2nc[nH]c(=O)c21. The van der Waals surface area contributed by atoms with Gasteiger partial charge in [-0.25, -0.2) is 18.7 Å². The number of aromatic amines is 1. The van der Waals surface area contributed by atoms with Gasteiger partial charge in [0.25, 0.3) is 5.56 Å². The zero-order chi connectivity index (χ0) is 24.1. The number of aliphatic hydroxyl groups is 2. The number of hydrogen-bond acceptors (Lipinski definition) is 13. The van der Waals surface area contributed by atoms with Gasteiger partial charge in [0, 0.05) is 7.05 Å². The number of aromatic nitrogens is 2. The molecule has 0 saturated carbocycles. The Kier molecular flexibility index (Phi) is 7.02. The third kappa shape index (κ3) is 5.63. The molecule has 0 amide bonds. The average molecular weight is 524 g/mol. The van der Waals surface area contributed by atoms with Crippen LogP contribution < -0.4 is 15.4 Å². The predicted molar refractivity (Wildman–Crippen MR) is 101 cm³/mol. The van der Waals surface area contributed by atoms with E-state index in [9.17, 15) is 33.6 Å². The molecule has 0 aliphatic carbocycles. The molecule has 1 aromatic heterocycles. The Morgan fingerprint density at radius 1 is 1.16 bits per heavy atom. The fourth-order valence-electron chi connectivity index (χ4n) is 3.10. The Balaban J connectivity index is 1.67. The molecule has 0 aromatic carbocycles. The number of rotatable bonds is 8. The van der Waals surface area contributed by atoms with Crippen molar-refractivity contribution >= 4 is 35.0 Å². The predicted octanol–water partition coefficient (Wildman–Crippen LogP) is -2.23. The van der Waals surface area contributed by atoms with E-state index < -0.39 is 60.2 Å². The lowest BCUT2D eigenvalue weighted by Gasteiger charge is -2.27. The summed E-state index contributed by atoms with van der Waals surface area (Å²) in [6.45, 7) is -0.926. The first-order valence-electron chi connectivity index (χ1n) is 8.46. The molecular weight excluding hydrogens is 505 g/mol. The van der Waals surface area contributed by atoms with Crippen molar-refractivity contribution in [3.63, 3.8) is 0 Å². The number of phosphoric ester groups is 1. The largest absolute Gasteiger partial charge is 0.490 e. The highest BCUT2D eigenvalue weighted by molar-refractivity contribution is 7.66. The molecule has 21 heteroatoms. The van der Waals surface area contributed by atoms with Crippen molar-refractivity contribution in [2.45, 2.75) is 24.5 Å². The Hall–Kier alpha value is -1.23. The number of ether oxygens (including phenoxy) is 1. The van der Waals surface area contributed by atoms with Crippen LogP contribution in [0.5, 0.6) is 0 Å². The van der Waals surface area contributed by atoms with Crippen molar-refractivity contribution in [1.82, 2.24) is 9.97 Å². The van der Waals surface area contributed by atoms with E-state index in [1.54, 1.807) is 7.05 Å². The van der Waals surface area contributed by atoms with Crippen LogP contribution in [0.1, 0.15) is 0 Å². The number of hydrogen-bond donors (Lipinski definition) is 7. The highest BCUT2D eigenvalue weighted by atomic mass is 31.3. The van der Waals surface area contributed by atoms with Gasteiger partial charge in [-0.15, -0.1) is 0 Å². The normalized spacial score (nSPS) is 29.6. The van der Waals surface area contributed by atoms with Crippen molar-refractivity contribution in [2.75, 3.05) is 30.1 Å². The number of phosphoric acid groups is 3. The van der Waals surface area contributed by atoms with Crippen LogP contribution in [-0.2, 0) is 31.6 Å². The van der Waals surface area contributed by atoms with Crippen molar-refractivity contribution in [3.8, 4) is 0 Å². The third-order valence-corrected chi connectivity index (χ3v) is 8.09. The molecule has 18 nitrogen and oxygen atoms in total. The quantitative estimate of drug-likeness (QED) is 0.177. The maximum Gasteiger partial charge on any atom is 0.490 e. The van der Waals surface area contributed by atoms with E-state index in [2.05, 4.69) is 23.1 Å². The molecule has 3 heterocycles. The summed E-state index contributed by atoms with van der Waals surface area (Å²) in [6, 6.07) is 0. The Bertz CT molecular complexity index is 1060. The molecule has 3 rings (SSSR count). The first kappa shape index (κ1) is 25.4. The van der Waals surface area contributed by atoms with Crippen LogP contribution in [0.4, 0.5) is 11.5 Å². The Morgan fingerprint density at radius 3 is 2.44 bits per heavy atom. The van der Waals surface area contributed by atoms with Gasteiger partial charge in [-0.1, -0.05) is 0 Å². The molecule has 2 unspecified atom stereocenters. The number of aliphatic hydroxyl groups excluding tert-OH is 2. The molecule has 0 spiro atoms. The molecule has 6 atom stereocenters. The summed E-state index contributed by atoms with van der Waals surface area (Å²) in [6.07, 6.45) is -4.87. The van der Waals surface area contributed by atoms with E-state index in [4.69, 9.17) is 19.4 Å². The average Bonchev–Trinajstić information content (AvgIpc) is 3.09. The van der Waals surface area contributed by atoms with Gasteiger partial charge in [0.05, 0.1) is 19.6 Å². The van der Waals surface area contributed by atoms with Gasteiger partial charge >= 0.3 is 23.5 Å². The van der Waals surface area contributed by atoms with Crippen molar-refractivity contribution in [1.29, 1.82) is 0 Å². The number of H-pyrrole nitrogens is 1. The zero-order valence-corrected chi connectivity index (χ0v) is 18.6. The van der Waals surface area contributed by atoms with Gasteiger partial charge in [0.15, 0.2) is 12.0 Å². The van der Waals surface area contributed by atoms with Gasteiger partial charge in [0.1, 0.15) is 24.0 Å². The molecular formula is C11H19N4O14P3. The number of fused-ring (bicyclic) bond motifs is 1. The Labute approximate surface area is 178 Å². The molecule has 0 bridgehead atoms. The molecule has 7 N–H and O–H groups in total. The minimum Gasteiger partial charge on any atom is -0.387 e. The first-order chi connectivity index (χ1) is 14.6. The fourth-order valence-corrected chi connectivity index (χ4v) is 6.13. The first-order valence-corrected chi connectivity index (χ1v) is 13.0. The fraction of sp³-hybridized carbons (Fsp3) is 0.636. The van der Waals surface area contributed by atoms with Gasteiger partial charge in [-0.3, -0.25) is 9.32 Å². The summed E-state index contributed by atoms with van der Waals surface area (Å²) >= 11 is 0. The van der Waals surface area contributed by atoms with Crippen molar-refractivity contribution < 1.29 is 61.4 Å². The highest BCUT2D eigenvalue weighted by Crippen LogP contribution is 2.66. The second-order valence-electron chi connectivity index (χ2n) is 6.65. The summed E-state index contributed by atoms with van der Waals surface area (Å²) in [7, 11) is -15.1. The number of anilines is 2. The highest BCUT2D eigenvalue weighted by Gasteiger charge is 2.49. The third-order valence-electron chi connectivity index (χ3n) is 4.29. The lowest BCUT2D eigenvalue weighted by atomic mass is 10.1. The van der Waals surface area contributed by atoms with Gasteiger partial charge in [-0.05, 0) is 0 Å². The van der Waals surface area contributed by atoms with Crippen LogP contribution in [0.25, 0.3) is 0 Å². The summed E-state index contributed by atoms with van der Waals surface area (Å²) in [5, 5.41) is 20.6. The van der Waals surface area contributed by atoms with Crippen LogP contribution in [-0.4, -0.2) is 84.6 Å². The maximum atomic E-state index is 12.0. The minimum absolute atomic E-state index is 0.0342. The molecule has 182 valence electrons. The summed E-state index contributed by atoms with van der Waals surface area (Å²) in [5.41, 5.74) is -0.285. The van der Waals surface area contributed by atoms with E-state index in [0.29, 0.717) is 0 Å². The standard InChI is InChI=1S/C11H19N4O14P3/c1-14-4-15(9-6(14)10(18)13-3-12-9)11-8(17)7(16)5(27-11)2-26-31(22,23)29-32(24,25)28-30(19,20)21/h3,5,7-8,11,16-17H,2,4H2,1H3,(H,22,23)(H,24,25)(H,12,13,18)(H2,19,20,21)/t5-,7-,8-,11-/m1/s1. The summed E-state index contributed by atoms with van der Waals surface area (Å²) < 4.78 is 50.9. The lowest BCUT2D eigenvalue weighted by molar-refractivity contribution is -0.0217. The lowest BCUT2D eigenvalue weighted by Crippen LogP contribution is -2.45. The maximum absolute atomic E-state index is 12.0. The monoisotopic (exact) mass is 524 g/mol. The second-order valence-corrected chi connectivity index (χ2v) is 11.1. The molecule has 1 saturated heterocycles. The van der Waals surface area contributed by atoms with Crippen LogP contribution in [0.2, 0.25) is 0 Å². The molecule has 1 aromatic rings. The summed E-state index contributed by atoms with van der Waals surface area (Å²) in [5.74, 6) is 0.140. The minimum atomic E-state index is -5.71. The van der Waals surface area contributed by atoms with Crippen LogP contribution in [0.15, 0.2) is 11.1 Å². The van der Waals surface area contributed by atoms with Gasteiger partial charge < -0.3 is 49.3 Å². The van der Waals surface area contributed by atoms with Crippen molar-refractivity contribution in [2.24, 2.45) is 0 Å². The molecule has 1 fully saturated rings. The molecule has 2 aliphatic heterocycles. The molecule has 32 heavy (non-hydrogen) atoms. The van der Waals surface area contributed by atoms with Crippen molar-refractivity contribution in [3.05, 3.63) is 16.7 Å². The number of nitrogens with one attached hydrogen (secondary N) is 1. The molecule has 0 radical (unpaired) electrons. The number of nitrogens with zero attached hydrogens (tertiary/aromatic N) is 3. The van der Waals surface area contributed by atoms with Gasteiger partial charge in [0.2, 0.25) is 0 Å². The van der Waals surface area contributed by atoms with E-state index in [1.165, 1.54) is 9.80 Å². The summed E-state index contributed by atoms with van der Waals surface area (Å²) in [4.78, 5) is 56.9. The van der Waals surface area contributed by atoms with E-state index >= 15 is 0 Å². The van der Waals surface area contributed by atoms with E-state index in [-0.39, 0.29) is 18.2 Å².